The number of thiazole rings is 1. The summed E-state index contributed by atoms with van der Waals surface area (Å²) in [7, 11) is 4.47. The number of anilines is 1. The molecule has 0 aliphatic rings. The van der Waals surface area contributed by atoms with Crippen LogP contribution in [0.15, 0.2) is 34.1 Å². The summed E-state index contributed by atoms with van der Waals surface area (Å²) in [6.45, 7) is -0.142. The highest BCUT2D eigenvalue weighted by atomic mass is 32.1. The molecule has 28 heavy (non-hydrogen) atoms. The van der Waals surface area contributed by atoms with Crippen molar-refractivity contribution >= 4 is 43.8 Å². The van der Waals surface area contributed by atoms with E-state index in [1.165, 1.54) is 40.9 Å². The maximum Gasteiger partial charge on any atom is 0.332 e. The first-order valence-electron chi connectivity index (χ1n) is 8.25. The van der Waals surface area contributed by atoms with Gasteiger partial charge in [0.05, 0.1) is 18.1 Å². The summed E-state index contributed by atoms with van der Waals surface area (Å²) in [5.74, 6) is 0.257. The summed E-state index contributed by atoms with van der Waals surface area (Å²) in [6, 6.07) is 5.53. The molecule has 0 saturated carbocycles. The summed E-state index contributed by atoms with van der Waals surface area (Å²) >= 11 is 1.32. The largest absolute Gasteiger partial charge is 0.494 e. The molecule has 0 aliphatic heterocycles. The summed E-state index contributed by atoms with van der Waals surface area (Å²) in [4.78, 5) is 45.4. The number of carbonyl (C=O) groups is 1. The van der Waals surface area contributed by atoms with Crippen molar-refractivity contribution in [3.8, 4) is 5.75 Å². The first-order valence-corrected chi connectivity index (χ1v) is 9.06. The molecule has 1 N–H and O–H groups in total. The molecule has 3 heterocycles. The van der Waals surface area contributed by atoms with E-state index in [1.807, 2.05) is 12.1 Å². The Balaban J connectivity index is 1.65. The van der Waals surface area contributed by atoms with Gasteiger partial charge in [-0.1, -0.05) is 17.4 Å². The topological polar surface area (TPSA) is 113 Å². The van der Waals surface area contributed by atoms with Crippen LogP contribution in [0, 0.1) is 0 Å². The predicted molar refractivity (Wildman–Crippen MR) is 105 cm³/mol. The van der Waals surface area contributed by atoms with E-state index >= 15 is 0 Å². The van der Waals surface area contributed by atoms with Crippen molar-refractivity contribution in [1.29, 1.82) is 0 Å². The molecule has 0 atom stereocenters. The molecule has 0 saturated heterocycles. The number of para-hydroxylation sites is 1. The van der Waals surface area contributed by atoms with Crippen molar-refractivity contribution in [3.05, 3.63) is 45.4 Å². The Morgan fingerprint density at radius 1 is 1.25 bits per heavy atom. The second-order valence-corrected chi connectivity index (χ2v) is 7.16. The van der Waals surface area contributed by atoms with Crippen LogP contribution in [-0.4, -0.2) is 36.7 Å². The minimum Gasteiger partial charge on any atom is -0.494 e. The quantitative estimate of drug-likeness (QED) is 0.539. The van der Waals surface area contributed by atoms with E-state index in [0.29, 0.717) is 16.4 Å². The number of hydrogen-bond donors (Lipinski definition) is 1. The lowest BCUT2D eigenvalue weighted by molar-refractivity contribution is -0.116. The average molecular weight is 400 g/mol. The fourth-order valence-electron chi connectivity index (χ4n) is 2.97. The van der Waals surface area contributed by atoms with Crippen LogP contribution in [-0.2, 0) is 25.4 Å². The monoisotopic (exact) mass is 400 g/mol. The second-order valence-electron chi connectivity index (χ2n) is 6.12. The molecular weight excluding hydrogens is 384 g/mol. The van der Waals surface area contributed by atoms with Gasteiger partial charge in [0.2, 0.25) is 5.91 Å². The van der Waals surface area contributed by atoms with Gasteiger partial charge < -0.3 is 14.6 Å². The molecule has 3 aromatic heterocycles. The molecule has 0 unspecified atom stereocenters. The SMILES string of the molecule is COc1cccc2sc(NC(=O)Cn3cnc4c3c(=O)n(C)c(=O)n4C)nc12. The number of aryl methyl sites for hydroxylation is 1. The summed E-state index contributed by atoms with van der Waals surface area (Å²) < 4.78 is 9.83. The van der Waals surface area contributed by atoms with Crippen LogP contribution >= 0.6 is 11.3 Å². The number of carbonyl (C=O) groups excluding carboxylic acids is 1. The number of rotatable bonds is 4. The van der Waals surface area contributed by atoms with Gasteiger partial charge in [0.1, 0.15) is 17.8 Å². The van der Waals surface area contributed by atoms with Crippen molar-refractivity contribution in [1.82, 2.24) is 23.7 Å². The van der Waals surface area contributed by atoms with E-state index in [4.69, 9.17) is 4.74 Å². The van der Waals surface area contributed by atoms with Gasteiger partial charge in [-0.05, 0) is 12.1 Å². The Kier molecular flexibility index (Phi) is 4.23. The van der Waals surface area contributed by atoms with Crippen LogP contribution in [0.2, 0.25) is 0 Å². The number of amides is 1. The van der Waals surface area contributed by atoms with E-state index in [0.717, 1.165) is 9.27 Å². The highest BCUT2D eigenvalue weighted by molar-refractivity contribution is 7.22. The van der Waals surface area contributed by atoms with Crippen LogP contribution in [0.5, 0.6) is 5.75 Å². The Hall–Kier alpha value is -3.47. The Labute approximate surface area is 161 Å². The van der Waals surface area contributed by atoms with Crippen LogP contribution in [0.3, 0.4) is 0 Å². The van der Waals surface area contributed by atoms with E-state index in [2.05, 4.69) is 15.3 Å². The van der Waals surface area contributed by atoms with Crippen molar-refractivity contribution < 1.29 is 9.53 Å². The molecule has 1 aromatic carbocycles. The van der Waals surface area contributed by atoms with E-state index < -0.39 is 11.2 Å². The first kappa shape index (κ1) is 17.9. The molecule has 10 nitrogen and oxygen atoms in total. The minimum atomic E-state index is -0.506. The summed E-state index contributed by atoms with van der Waals surface area (Å²) in [5.41, 5.74) is 0.0994. The maximum atomic E-state index is 12.5. The van der Waals surface area contributed by atoms with Crippen molar-refractivity contribution in [2.75, 3.05) is 12.4 Å². The number of fused-ring (bicyclic) bond motifs is 2. The number of benzene rings is 1. The average Bonchev–Trinajstić information content (AvgIpc) is 3.28. The highest BCUT2D eigenvalue weighted by Gasteiger charge is 2.17. The van der Waals surface area contributed by atoms with E-state index in [1.54, 1.807) is 13.2 Å². The molecule has 0 aliphatic carbocycles. The van der Waals surface area contributed by atoms with Gasteiger partial charge in [-0.15, -0.1) is 0 Å². The number of aromatic nitrogens is 5. The number of nitrogens with zero attached hydrogens (tertiary/aromatic N) is 5. The van der Waals surface area contributed by atoms with Crippen LogP contribution < -0.4 is 21.3 Å². The van der Waals surface area contributed by atoms with E-state index in [9.17, 15) is 14.4 Å². The van der Waals surface area contributed by atoms with Crippen LogP contribution in [0.4, 0.5) is 5.13 Å². The molecule has 0 fully saturated rings. The van der Waals surface area contributed by atoms with Gasteiger partial charge in [-0.2, -0.15) is 0 Å². The maximum absolute atomic E-state index is 12.5. The van der Waals surface area contributed by atoms with Crippen LogP contribution in [0.1, 0.15) is 0 Å². The standard InChI is InChI=1S/C17H16N6O4S/c1-21-14-13(15(25)22(2)17(21)26)23(8-18-14)7-11(24)19-16-20-12-9(27-3)5-4-6-10(12)28-16/h4-6,8H,7H2,1-3H3,(H,19,20,24). The van der Waals surface area contributed by atoms with Gasteiger partial charge >= 0.3 is 5.69 Å². The number of ether oxygens (including phenoxy) is 1. The Bertz CT molecular complexity index is 1350. The fourth-order valence-corrected chi connectivity index (χ4v) is 3.87. The molecular formula is C17H16N6O4S. The number of methoxy groups -OCH3 is 1. The fraction of sp³-hybridized carbons (Fsp3) is 0.235. The van der Waals surface area contributed by atoms with Gasteiger partial charge in [0.15, 0.2) is 16.3 Å². The molecule has 4 rings (SSSR count). The Morgan fingerprint density at radius 2 is 2.04 bits per heavy atom. The lowest BCUT2D eigenvalue weighted by Crippen LogP contribution is -2.37. The third-order valence-corrected chi connectivity index (χ3v) is 5.32. The third kappa shape index (κ3) is 2.76. The highest BCUT2D eigenvalue weighted by Crippen LogP contribution is 2.32. The lowest BCUT2D eigenvalue weighted by Gasteiger charge is -2.06. The summed E-state index contributed by atoms with van der Waals surface area (Å²) in [6.07, 6.45) is 1.37. The predicted octanol–water partition coefficient (Wildman–Crippen LogP) is 0.691. The molecule has 0 bridgehead atoms. The van der Waals surface area contributed by atoms with Gasteiger partial charge in [-0.3, -0.25) is 18.7 Å². The summed E-state index contributed by atoms with van der Waals surface area (Å²) in [5, 5.41) is 3.16. The van der Waals surface area contributed by atoms with E-state index in [-0.39, 0.29) is 23.6 Å². The normalized spacial score (nSPS) is 11.2. The van der Waals surface area contributed by atoms with Crippen molar-refractivity contribution in [2.45, 2.75) is 6.54 Å². The molecule has 1 amide bonds. The smallest absolute Gasteiger partial charge is 0.332 e. The minimum absolute atomic E-state index is 0.142. The zero-order valence-corrected chi connectivity index (χ0v) is 16.1. The van der Waals surface area contributed by atoms with Crippen molar-refractivity contribution in [2.24, 2.45) is 14.1 Å². The number of imidazole rings is 1. The number of hydrogen-bond acceptors (Lipinski definition) is 7. The zero-order chi connectivity index (χ0) is 20.0. The van der Waals surface area contributed by atoms with Gasteiger partial charge in [-0.25, -0.2) is 14.8 Å². The molecule has 11 heteroatoms. The number of nitrogens with one attached hydrogen (secondary N) is 1. The second kappa shape index (κ2) is 6.60. The zero-order valence-electron chi connectivity index (χ0n) is 15.3. The van der Waals surface area contributed by atoms with Crippen molar-refractivity contribution in [3.63, 3.8) is 0 Å². The third-order valence-electron chi connectivity index (χ3n) is 4.38. The molecule has 0 radical (unpaired) electrons. The lowest BCUT2D eigenvalue weighted by atomic mass is 10.3. The van der Waals surface area contributed by atoms with Crippen LogP contribution in [0.25, 0.3) is 21.4 Å². The molecule has 4 aromatic rings. The first-order chi connectivity index (χ1) is 13.4. The van der Waals surface area contributed by atoms with Gasteiger partial charge in [0, 0.05) is 14.1 Å². The molecule has 0 spiro atoms. The Morgan fingerprint density at radius 3 is 2.79 bits per heavy atom. The molecule has 144 valence electrons. The van der Waals surface area contributed by atoms with Gasteiger partial charge in [0.25, 0.3) is 5.56 Å².